The van der Waals surface area contributed by atoms with Crippen LogP contribution in [0.1, 0.15) is 19.8 Å². The molecule has 0 saturated heterocycles. The van der Waals surface area contributed by atoms with E-state index in [1.807, 2.05) is 0 Å². The van der Waals surface area contributed by atoms with Gasteiger partial charge in [0, 0.05) is 12.8 Å². The van der Waals surface area contributed by atoms with E-state index in [0.717, 1.165) is 0 Å². The highest BCUT2D eigenvalue weighted by Crippen LogP contribution is 1.94. The normalized spacial score (nSPS) is 17.4. The highest BCUT2D eigenvalue weighted by molar-refractivity contribution is 5.52. The predicted octanol–water partition coefficient (Wildman–Crippen LogP) is -2.11. The van der Waals surface area contributed by atoms with E-state index in [1.165, 1.54) is 25.9 Å². The van der Waals surface area contributed by atoms with Crippen LogP contribution in [0, 0.1) is 0 Å². The number of nitrogens with zero attached hydrogens (tertiary/aromatic N) is 1. The fourth-order valence-corrected chi connectivity index (χ4v) is 0.947. The first kappa shape index (κ1) is 7.60. The molecule has 1 heterocycles. The largest absolute Gasteiger partial charge is 1.00 e. The summed E-state index contributed by atoms with van der Waals surface area (Å²) in [5.74, 6) is 0. The lowest BCUT2D eigenvalue weighted by atomic mass is 10.4. The summed E-state index contributed by atoms with van der Waals surface area (Å²) in [6, 6.07) is 0. The maximum Gasteiger partial charge on any atom is 0.143 e. The summed E-state index contributed by atoms with van der Waals surface area (Å²) in [5, 5.41) is 0. The van der Waals surface area contributed by atoms with Crippen LogP contribution < -0.4 is 4.70 Å². The molecule has 0 radical (unpaired) electrons. The van der Waals surface area contributed by atoms with Crippen molar-refractivity contribution in [3.63, 3.8) is 0 Å². The molecule has 1 aliphatic rings. The van der Waals surface area contributed by atoms with Gasteiger partial charge in [-0.1, -0.05) is 0 Å². The molecule has 48 valence electrons. The van der Waals surface area contributed by atoms with E-state index in [4.69, 9.17) is 0 Å². The Hall–Kier alpha value is -0.400. The highest BCUT2D eigenvalue weighted by atomic mass is 19.0. The van der Waals surface area contributed by atoms with Crippen molar-refractivity contribution in [2.45, 2.75) is 19.8 Å². The fourth-order valence-electron chi connectivity index (χ4n) is 0.947. The van der Waals surface area contributed by atoms with Crippen molar-refractivity contribution in [2.75, 3.05) is 13.1 Å². The van der Waals surface area contributed by atoms with E-state index in [0.29, 0.717) is 0 Å². The molecule has 8 heavy (non-hydrogen) atoms. The average molecular weight is 117 g/mol. The van der Waals surface area contributed by atoms with E-state index in [2.05, 4.69) is 17.7 Å². The lowest BCUT2D eigenvalue weighted by molar-refractivity contribution is -0.512. The maximum absolute atomic E-state index is 2.36. The van der Waals surface area contributed by atoms with Gasteiger partial charge in [0.25, 0.3) is 0 Å². The van der Waals surface area contributed by atoms with Crippen LogP contribution in [-0.2, 0) is 0 Å². The zero-order chi connectivity index (χ0) is 5.11. The maximum atomic E-state index is 2.36. The summed E-state index contributed by atoms with van der Waals surface area (Å²) in [6.07, 6.45) is 4.96. The zero-order valence-corrected chi connectivity index (χ0v) is 5.23. The highest BCUT2D eigenvalue weighted by Gasteiger charge is 2.05. The van der Waals surface area contributed by atoms with Gasteiger partial charge in [-0.25, -0.2) is 4.58 Å². The molecule has 1 rings (SSSR count). The minimum Gasteiger partial charge on any atom is -1.00 e. The van der Waals surface area contributed by atoms with Gasteiger partial charge < -0.3 is 4.70 Å². The van der Waals surface area contributed by atoms with Crippen molar-refractivity contribution in [3.8, 4) is 0 Å². The molecule has 0 aliphatic carbocycles. The van der Waals surface area contributed by atoms with Crippen LogP contribution in [0.15, 0.2) is 0 Å². The van der Waals surface area contributed by atoms with E-state index >= 15 is 0 Å². The third-order valence-electron chi connectivity index (χ3n) is 1.44. The quantitative estimate of drug-likeness (QED) is 0.346. The van der Waals surface area contributed by atoms with Crippen molar-refractivity contribution in [1.82, 2.24) is 0 Å². The first-order valence-electron chi connectivity index (χ1n) is 3.01. The molecular weight excluding hydrogens is 105 g/mol. The van der Waals surface area contributed by atoms with Gasteiger partial charge in [0.2, 0.25) is 0 Å². The van der Waals surface area contributed by atoms with Crippen LogP contribution in [-0.4, -0.2) is 23.9 Å². The van der Waals surface area contributed by atoms with E-state index in [9.17, 15) is 0 Å². The Kier molecular flexibility index (Phi) is 3.40. The topological polar surface area (TPSA) is 3.01 Å². The van der Waals surface area contributed by atoms with Crippen LogP contribution in [0.4, 0.5) is 0 Å². The monoisotopic (exact) mass is 117 g/mol. The Balaban J connectivity index is 0.000000490. The van der Waals surface area contributed by atoms with E-state index in [-0.39, 0.29) is 4.70 Å². The van der Waals surface area contributed by atoms with E-state index in [1.54, 1.807) is 0 Å². The third-order valence-corrected chi connectivity index (χ3v) is 1.44. The molecular formula is C6H12FN. The summed E-state index contributed by atoms with van der Waals surface area (Å²) >= 11 is 0. The SMILES string of the molecule is CC[N+]1=CCCC1.[F-]. The summed E-state index contributed by atoms with van der Waals surface area (Å²) in [6.45, 7) is 4.68. The van der Waals surface area contributed by atoms with Crippen LogP contribution in [0.5, 0.6) is 0 Å². The van der Waals surface area contributed by atoms with Crippen LogP contribution in [0.25, 0.3) is 0 Å². The molecule has 0 unspecified atom stereocenters. The Morgan fingerprint density at radius 1 is 1.62 bits per heavy atom. The summed E-state index contributed by atoms with van der Waals surface area (Å²) in [5.41, 5.74) is 0. The van der Waals surface area contributed by atoms with Crippen molar-refractivity contribution in [3.05, 3.63) is 0 Å². The lowest BCUT2D eigenvalue weighted by Crippen LogP contribution is -3.00. The summed E-state index contributed by atoms with van der Waals surface area (Å²) in [7, 11) is 0. The molecule has 0 aromatic carbocycles. The van der Waals surface area contributed by atoms with Gasteiger partial charge in [0.1, 0.15) is 19.3 Å². The van der Waals surface area contributed by atoms with Crippen molar-refractivity contribution in [2.24, 2.45) is 0 Å². The second kappa shape index (κ2) is 3.58. The number of halogens is 1. The van der Waals surface area contributed by atoms with Crippen LogP contribution in [0.2, 0.25) is 0 Å². The van der Waals surface area contributed by atoms with Crippen molar-refractivity contribution < 1.29 is 9.28 Å². The minimum atomic E-state index is 0. The minimum absolute atomic E-state index is 0. The van der Waals surface area contributed by atoms with Crippen LogP contribution in [0.3, 0.4) is 0 Å². The van der Waals surface area contributed by atoms with Gasteiger partial charge in [0.05, 0.1) is 0 Å². The summed E-state index contributed by atoms with van der Waals surface area (Å²) < 4.78 is 2.36. The average Bonchev–Trinajstić information content (AvgIpc) is 2.14. The number of rotatable bonds is 1. The molecule has 0 aromatic heterocycles. The lowest BCUT2D eigenvalue weighted by Gasteiger charge is -1.86. The second-order valence-electron chi connectivity index (χ2n) is 1.95. The summed E-state index contributed by atoms with van der Waals surface area (Å²) in [4.78, 5) is 0. The standard InChI is InChI=1S/C6H12N.FH/c1-2-7-5-3-4-6-7;/h5H,2-4,6H2,1H3;1H/q+1;/p-1. The molecule has 0 spiro atoms. The molecule has 0 N–H and O–H groups in total. The van der Waals surface area contributed by atoms with Crippen molar-refractivity contribution in [1.29, 1.82) is 0 Å². The number of hydrogen-bond donors (Lipinski definition) is 0. The predicted molar refractivity (Wildman–Crippen MR) is 31.0 cm³/mol. The Morgan fingerprint density at radius 3 is 2.62 bits per heavy atom. The van der Waals surface area contributed by atoms with Gasteiger partial charge in [-0.3, -0.25) is 0 Å². The first-order valence-corrected chi connectivity index (χ1v) is 3.01. The fraction of sp³-hybridized carbons (Fsp3) is 0.833. The van der Waals surface area contributed by atoms with Gasteiger partial charge in [-0.15, -0.1) is 0 Å². The first-order chi connectivity index (χ1) is 3.43. The van der Waals surface area contributed by atoms with E-state index < -0.39 is 0 Å². The molecule has 0 saturated carbocycles. The van der Waals surface area contributed by atoms with Gasteiger partial charge in [-0.2, -0.15) is 0 Å². The Bertz CT molecular complexity index is 88.5. The number of hydrogen-bond acceptors (Lipinski definition) is 0. The molecule has 0 bridgehead atoms. The molecule has 1 nitrogen and oxygen atoms in total. The molecule has 2 heteroatoms. The van der Waals surface area contributed by atoms with Gasteiger partial charge >= 0.3 is 0 Å². The molecule has 0 fully saturated rings. The Labute approximate surface area is 49.4 Å². The molecule has 0 atom stereocenters. The molecule has 0 amide bonds. The second-order valence-corrected chi connectivity index (χ2v) is 1.95. The zero-order valence-electron chi connectivity index (χ0n) is 5.23. The Morgan fingerprint density at radius 2 is 2.38 bits per heavy atom. The van der Waals surface area contributed by atoms with Gasteiger partial charge in [0.15, 0.2) is 0 Å². The smallest absolute Gasteiger partial charge is 0.143 e. The third kappa shape index (κ3) is 1.60. The van der Waals surface area contributed by atoms with Crippen LogP contribution >= 0.6 is 0 Å². The van der Waals surface area contributed by atoms with Crippen molar-refractivity contribution >= 4 is 6.21 Å². The molecule has 1 aliphatic heterocycles. The molecule has 0 aromatic rings. The van der Waals surface area contributed by atoms with Gasteiger partial charge in [-0.05, 0) is 6.92 Å².